The van der Waals surface area contributed by atoms with Crippen LogP contribution in [-0.4, -0.2) is 24.3 Å². The third-order valence-electron chi connectivity index (χ3n) is 2.32. The summed E-state index contributed by atoms with van der Waals surface area (Å²) in [5.74, 6) is 0. The molecule has 1 aromatic rings. The maximum absolute atomic E-state index is 12.5. The van der Waals surface area contributed by atoms with E-state index in [1.165, 1.54) is 18.2 Å². The zero-order chi connectivity index (χ0) is 13.9. The van der Waals surface area contributed by atoms with Gasteiger partial charge in [0.05, 0.1) is 0 Å². The molecule has 0 saturated heterocycles. The minimum Gasteiger partial charge on any atom is -0.389 e. The topological polar surface area (TPSA) is 29.3 Å². The van der Waals surface area contributed by atoms with E-state index in [9.17, 15) is 13.2 Å². The summed E-state index contributed by atoms with van der Waals surface area (Å²) in [6.45, 7) is 0.765. The Labute approximate surface area is 114 Å². The number of hydrogen-bond acceptors (Lipinski definition) is 2. The molecule has 18 heavy (non-hydrogen) atoms. The summed E-state index contributed by atoms with van der Waals surface area (Å²) < 4.78 is 37.4. The lowest BCUT2D eigenvalue weighted by molar-refractivity contribution is -0.119. The van der Waals surface area contributed by atoms with Crippen molar-refractivity contribution in [1.82, 2.24) is 0 Å². The SMILES string of the molecule is CCN(CC(F)(F)F)c1ccc(Cl)cc1C(N)=S. The number of alkyl halides is 3. The molecular formula is C11H12ClF3N2S. The number of hydrogen-bond donors (Lipinski definition) is 1. The van der Waals surface area contributed by atoms with Gasteiger partial charge in [-0.3, -0.25) is 0 Å². The maximum Gasteiger partial charge on any atom is 0.405 e. The van der Waals surface area contributed by atoms with E-state index in [0.29, 0.717) is 16.3 Å². The van der Waals surface area contributed by atoms with Crippen molar-refractivity contribution in [1.29, 1.82) is 0 Å². The number of thiocarbonyl (C=S) groups is 1. The van der Waals surface area contributed by atoms with Gasteiger partial charge in [-0.2, -0.15) is 13.2 Å². The van der Waals surface area contributed by atoms with E-state index in [2.05, 4.69) is 0 Å². The van der Waals surface area contributed by atoms with Crippen LogP contribution in [0.1, 0.15) is 12.5 Å². The van der Waals surface area contributed by atoms with Gasteiger partial charge in [0.15, 0.2) is 0 Å². The van der Waals surface area contributed by atoms with Crippen LogP contribution in [-0.2, 0) is 0 Å². The third-order valence-corrected chi connectivity index (χ3v) is 2.77. The molecule has 0 atom stereocenters. The van der Waals surface area contributed by atoms with Crippen LogP contribution >= 0.6 is 23.8 Å². The maximum atomic E-state index is 12.5. The molecule has 1 rings (SSSR count). The first kappa shape index (κ1) is 15.0. The van der Waals surface area contributed by atoms with E-state index >= 15 is 0 Å². The normalized spacial score (nSPS) is 11.4. The summed E-state index contributed by atoms with van der Waals surface area (Å²) >= 11 is 10.6. The van der Waals surface area contributed by atoms with Crippen molar-refractivity contribution < 1.29 is 13.2 Å². The predicted molar refractivity (Wildman–Crippen MR) is 71.3 cm³/mol. The largest absolute Gasteiger partial charge is 0.405 e. The van der Waals surface area contributed by atoms with Gasteiger partial charge in [-0.1, -0.05) is 23.8 Å². The Hall–Kier alpha value is -1.01. The molecule has 2 nitrogen and oxygen atoms in total. The molecule has 0 radical (unpaired) electrons. The fraction of sp³-hybridized carbons (Fsp3) is 0.364. The highest BCUT2D eigenvalue weighted by Gasteiger charge is 2.31. The Morgan fingerprint density at radius 2 is 2.06 bits per heavy atom. The van der Waals surface area contributed by atoms with Crippen LogP contribution in [0.4, 0.5) is 18.9 Å². The van der Waals surface area contributed by atoms with Gasteiger partial charge in [-0.15, -0.1) is 0 Å². The zero-order valence-electron chi connectivity index (χ0n) is 9.59. The molecule has 2 N–H and O–H groups in total. The Morgan fingerprint density at radius 1 is 1.44 bits per heavy atom. The number of nitrogens with two attached hydrogens (primary N) is 1. The number of anilines is 1. The number of benzene rings is 1. The summed E-state index contributed by atoms with van der Waals surface area (Å²) in [5, 5.41) is 0.379. The monoisotopic (exact) mass is 296 g/mol. The van der Waals surface area contributed by atoms with Gasteiger partial charge in [0, 0.05) is 22.8 Å². The fourth-order valence-electron chi connectivity index (χ4n) is 1.57. The standard InChI is InChI=1S/C11H12ClF3N2S/c1-2-17(6-11(13,14)15)9-4-3-7(12)5-8(9)10(16)18/h3-5H,2,6H2,1H3,(H2,16,18). The molecule has 0 amide bonds. The minimum atomic E-state index is -4.29. The molecule has 0 aliphatic carbocycles. The van der Waals surface area contributed by atoms with E-state index < -0.39 is 12.7 Å². The molecule has 7 heteroatoms. The number of nitrogens with zero attached hydrogens (tertiary/aromatic N) is 1. The van der Waals surface area contributed by atoms with Crippen molar-refractivity contribution in [3.63, 3.8) is 0 Å². The molecule has 0 unspecified atom stereocenters. The summed E-state index contributed by atoms with van der Waals surface area (Å²) in [7, 11) is 0. The van der Waals surface area contributed by atoms with E-state index in [-0.39, 0.29) is 11.5 Å². The van der Waals surface area contributed by atoms with Crippen molar-refractivity contribution in [2.75, 3.05) is 18.0 Å². The average molecular weight is 297 g/mol. The summed E-state index contributed by atoms with van der Waals surface area (Å²) in [5.41, 5.74) is 6.19. The van der Waals surface area contributed by atoms with Crippen LogP contribution in [0.3, 0.4) is 0 Å². The van der Waals surface area contributed by atoms with Crippen LogP contribution in [0.5, 0.6) is 0 Å². The fourth-order valence-corrected chi connectivity index (χ4v) is 1.90. The second kappa shape index (κ2) is 5.75. The smallest absolute Gasteiger partial charge is 0.389 e. The van der Waals surface area contributed by atoms with Crippen molar-refractivity contribution in [2.24, 2.45) is 5.73 Å². The number of rotatable bonds is 4. The minimum absolute atomic E-state index is 0.0214. The number of halogens is 4. The first-order valence-corrected chi connectivity index (χ1v) is 5.94. The first-order chi connectivity index (χ1) is 8.24. The Morgan fingerprint density at radius 3 is 2.50 bits per heavy atom. The zero-order valence-corrected chi connectivity index (χ0v) is 11.2. The summed E-state index contributed by atoms with van der Waals surface area (Å²) in [6.07, 6.45) is -4.29. The second-order valence-corrected chi connectivity index (χ2v) is 4.53. The van der Waals surface area contributed by atoms with Crippen LogP contribution in [0, 0.1) is 0 Å². The highest BCUT2D eigenvalue weighted by molar-refractivity contribution is 7.80. The Kier molecular flexibility index (Phi) is 4.81. The van der Waals surface area contributed by atoms with Crippen LogP contribution in [0.15, 0.2) is 18.2 Å². The molecule has 0 saturated carbocycles. The van der Waals surface area contributed by atoms with Gasteiger partial charge in [-0.05, 0) is 25.1 Å². The van der Waals surface area contributed by atoms with Gasteiger partial charge in [0.25, 0.3) is 0 Å². The van der Waals surface area contributed by atoms with Gasteiger partial charge in [0.1, 0.15) is 11.5 Å². The molecule has 100 valence electrons. The summed E-state index contributed by atoms with van der Waals surface area (Å²) in [4.78, 5) is 1.18. The highest BCUT2D eigenvalue weighted by Crippen LogP contribution is 2.27. The van der Waals surface area contributed by atoms with Crippen molar-refractivity contribution in [2.45, 2.75) is 13.1 Å². The van der Waals surface area contributed by atoms with E-state index in [1.807, 2.05) is 0 Å². The van der Waals surface area contributed by atoms with Gasteiger partial charge in [0.2, 0.25) is 0 Å². The first-order valence-electron chi connectivity index (χ1n) is 5.15. The molecule has 0 aliphatic rings. The van der Waals surface area contributed by atoms with Crippen molar-refractivity contribution in [3.05, 3.63) is 28.8 Å². The quantitative estimate of drug-likeness (QED) is 0.864. The van der Waals surface area contributed by atoms with Gasteiger partial charge < -0.3 is 10.6 Å². The van der Waals surface area contributed by atoms with E-state index in [1.54, 1.807) is 6.92 Å². The molecule has 0 bridgehead atoms. The molecule has 0 heterocycles. The van der Waals surface area contributed by atoms with Crippen molar-refractivity contribution >= 4 is 34.5 Å². The van der Waals surface area contributed by atoms with Crippen LogP contribution in [0.25, 0.3) is 0 Å². The molecular weight excluding hydrogens is 285 g/mol. The lowest BCUT2D eigenvalue weighted by Gasteiger charge is -2.26. The second-order valence-electron chi connectivity index (χ2n) is 3.66. The molecule has 0 spiro atoms. The molecule has 0 aromatic heterocycles. The Bertz CT molecular complexity index is 448. The van der Waals surface area contributed by atoms with Gasteiger partial charge >= 0.3 is 6.18 Å². The predicted octanol–water partition coefficient (Wildman–Crippen LogP) is 3.36. The lowest BCUT2D eigenvalue weighted by atomic mass is 10.1. The molecule has 0 fully saturated rings. The average Bonchev–Trinajstić information content (AvgIpc) is 2.24. The lowest BCUT2D eigenvalue weighted by Crippen LogP contribution is -2.35. The Balaban J connectivity index is 3.17. The summed E-state index contributed by atoms with van der Waals surface area (Å²) in [6, 6.07) is 4.47. The van der Waals surface area contributed by atoms with Crippen molar-refractivity contribution in [3.8, 4) is 0 Å². The third kappa shape index (κ3) is 4.03. The van der Waals surface area contributed by atoms with E-state index in [4.69, 9.17) is 29.6 Å². The van der Waals surface area contributed by atoms with Crippen LogP contribution in [0.2, 0.25) is 5.02 Å². The van der Waals surface area contributed by atoms with Crippen LogP contribution < -0.4 is 10.6 Å². The van der Waals surface area contributed by atoms with Gasteiger partial charge in [-0.25, -0.2) is 0 Å². The molecule has 0 aliphatic heterocycles. The van der Waals surface area contributed by atoms with E-state index in [0.717, 1.165) is 4.90 Å². The molecule has 1 aromatic carbocycles. The highest BCUT2D eigenvalue weighted by atomic mass is 35.5.